The van der Waals surface area contributed by atoms with Crippen molar-refractivity contribution in [2.24, 2.45) is 7.05 Å². The molecule has 0 unspecified atom stereocenters. The van der Waals surface area contributed by atoms with Crippen LogP contribution in [0.3, 0.4) is 0 Å². The average Bonchev–Trinajstić information content (AvgIpc) is 3.09. The first-order valence-corrected chi connectivity index (χ1v) is 9.76. The minimum Gasteiger partial charge on any atom is -0.494 e. The number of aryl methyl sites for hydroxylation is 1. The Morgan fingerprint density at radius 3 is 2.69 bits per heavy atom. The van der Waals surface area contributed by atoms with E-state index in [1.165, 1.54) is 12.1 Å². The van der Waals surface area contributed by atoms with Gasteiger partial charge >= 0.3 is 0 Å². The van der Waals surface area contributed by atoms with Gasteiger partial charge in [0.15, 0.2) is 0 Å². The normalized spacial score (nSPS) is 10.8. The summed E-state index contributed by atoms with van der Waals surface area (Å²) in [7, 11) is 1.87. The van der Waals surface area contributed by atoms with Crippen LogP contribution < -0.4 is 10.1 Å². The van der Waals surface area contributed by atoms with Crippen molar-refractivity contribution < 1.29 is 9.66 Å². The monoisotopic (exact) mass is 394 g/mol. The summed E-state index contributed by atoms with van der Waals surface area (Å²) < 4.78 is 7.53. The Morgan fingerprint density at radius 1 is 1.17 bits per heavy atom. The van der Waals surface area contributed by atoms with Gasteiger partial charge in [-0.2, -0.15) is 5.10 Å². The topological polar surface area (TPSA) is 82.2 Å². The van der Waals surface area contributed by atoms with Crippen molar-refractivity contribution in [2.75, 3.05) is 6.61 Å². The van der Waals surface area contributed by atoms with Crippen LogP contribution in [0.1, 0.15) is 30.9 Å². The van der Waals surface area contributed by atoms with Gasteiger partial charge < -0.3 is 10.1 Å². The second-order valence-electron chi connectivity index (χ2n) is 6.93. The van der Waals surface area contributed by atoms with Crippen LogP contribution in [0, 0.1) is 10.1 Å². The first-order valence-electron chi connectivity index (χ1n) is 9.76. The summed E-state index contributed by atoms with van der Waals surface area (Å²) in [6.07, 6.45) is 4.13. The van der Waals surface area contributed by atoms with Crippen molar-refractivity contribution >= 4 is 5.69 Å². The lowest BCUT2D eigenvalue weighted by Gasteiger charge is -2.09. The quantitative estimate of drug-likeness (QED) is 0.312. The van der Waals surface area contributed by atoms with E-state index in [1.54, 1.807) is 16.8 Å². The van der Waals surface area contributed by atoms with E-state index in [2.05, 4.69) is 29.5 Å². The van der Waals surface area contributed by atoms with Crippen LogP contribution in [-0.2, 0) is 20.1 Å². The van der Waals surface area contributed by atoms with Crippen molar-refractivity contribution in [3.05, 3.63) is 76.0 Å². The van der Waals surface area contributed by atoms with Gasteiger partial charge in [-0.1, -0.05) is 25.5 Å². The molecule has 1 N–H and O–H groups in total. The molecule has 2 aromatic carbocycles. The number of ether oxygens (including phenoxy) is 1. The highest BCUT2D eigenvalue weighted by atomic mass is 16.6. The highest BCUT2D eigenvalue weighted by Gasteiger charge is 2.12. The average molecular weight is 394 g/mol. The zero-order chi connectivity index (χ0) is 20.6. The first kappa shape index (κ1) is 20.5. The van der Waals surface area contributed by atoms with Crippen molar-refractivity contribution in [3.63, 3.8) is 0 Å². The SMILES string of the molecule is CCCCOc1cccc(CNCc2cn(C)nc2-c2ccc([N+](=O)[O-])cc2)c1. The van der Waals surface area contributed by atoms with E-state index in [0.29, 0.717) is 13.1 Å². The molecule has 29 heavy (non-hydrogen) atoms. The molecule has 0 amide bonds. The van der Waals surface area contributed by atoms with E-state index in [-0.39, 0.29) is 5.69 Å². The van der Waals surface area contributed by atoms with E-state index in [1.807, 2.05) is 25.4 Å². The van der Waals surface area contributed by atoms with Crippen molar-refractivity contribution in [1.29, 1.82) is 0 Å². The lowest BCUT2D eigenvalue weighted by atomic mass is 10.1. The summed E-state index contributed by atoms with van der Waals surface area (Å²) in [4.78, 5) is 10.5. The Morgan fingerprint density at radius 2 is 1.97 bits per heavy atom. The largest absolute Gasteiger partial charge is 0.494 e. The van der Waals surface area contributed by atoms with Gasteiger partial charge in [0.1, 0.15) is 5.75 Å². The van der Waals surface area contributed by atoms with Gasteiger partial charge in [0.05, 0.1) is 17.2 Å². The van der Waals surface area contributed by atoms with Crippen molar-refractivity contribution in [1.82, 2.24) is 15.1 Å². The van der Waals surface area contributed by atoms with E-state index >= 15 is 0 Å². The van der Waals surface area contributed by atoms with E-state index in [0.717, 1.165) is 47.6 Å². The molecule has 0 atom stereocenters. The maximum atomic E-state index is 10.9. The standard InChI is InChI=1S/C22H26N4O3/c1-3-4-12-29-21-7-5-6-17(13-21)14-23-15-19-16-25(2)24-22(19)18-8-10-20(11-9-18)26(27)28/h5-11,13,16,23H,3-4,12,14-15H2,1-2H3. The summed E-state index contributed by atoms with van der Waals surface area (Å²) >= 11 is 0. The number of nitrogens with one attached hydrogen (secondary N) is 1. The van der Waals surface area contributed by atoms with Crippen LogP contribution in [0.5, 0.6) is 5.75 Å². The molecule has 152 valence electrons. The van der Waals surface area contributed by atoms with Gasteiger partial charge in [-0.25, -0.2) is 0 Å². The van der Waals surface area contributed by atoms with E-state index in [4.69, 9.17) is 4.74 Å². The number of aromatic nitrogens is 2. The van der Waals surface area contributed by atoms with Gasteiger partial charge in [-0.05, 0) is 36.2 Å². The fourth-order valence-corrected chi connectivity index (χ4v) is 3.07. The third-order valence-corrected chi connectivity index (χ3v) is 4.57. The number of unbranched alkanes of at least 4 members (excludes halogenated alkanes) is 1. The van der Waals surface area contributed by atoms with Crippen LogP contribution in [0.2, 0.25) is 0 Å². The van der Waals surface area contributed by atoms with Gasteiger partial charge in [0, 0.05) is 49.6 Å². The maximum Gasteiger partial charge on any atom is 0.269 e. The van der Waals surface area contributed by atoms with Crippen LogP contribution in [-0.4, -0.2) is 21.3 Å². The van der Waals surface area contributed by atoms with Gasteiger partial charge in [-0.15, -0.1) is 0 Å². The molecule has 0 fully saturated rings. The minimum atomic E-state index is -0.398. The van der Waals surface area contributed by atoms with Crippen LogP contribution in [0.15, 0.2) is 54.7 Å². The Hall–Kier alpha value is -3.19. The van der Waals surface area contributed by atoms with Gasteiger partial charge in [-0.3, -0.25) is 14.8 Å². The zero-order valence-electron chi connectivity index (χ0n) is 16.8. The highest BCUT2D eigenvalue weighted by Crippen LogP contribution is 2.24. The fourth-order valence-electron chi connectivity index (χ4n) is 3.07. The molecule has 0 saturated carbocycles. The summed E-state index contributed by atoms with van der Waals surface area (Å²) in [5.74, 6) is 0.894. The fraction of sp³-hybridized carbons (Fsp3) is 0.318. The van der Waals surface area contributed by atoms with Crippen molar-refractivity contribution in [3.8, 4) is 17.0 Å². The van der Waals surface area contributed by atoms with Crippen LogP contribution in [0.4, 0.5) is 5.69 Å². The molecule has 3 aromatic rings. The molecule has 7 nitrogen and oxygen atoms in total. The molecule has 0 radical (unpaired) electrons. The summed E-state index contributed by atoms with van der Waals surface area (Å²) in [6.45, 7) is 4.23. The molecule has 1 aromatic heterocycles. The van der Waals surface area contributed by atoms with Crippen molar-refractivity contribution in [2.45, 2.75) is 32.9 Å². The molecule has 0 aliphatic carbocycles. The molecular formula is C22H26N4O3. The maximum absolute atomic E-state index is 10.9. The lowest BCUT2D eigenvalue weighted by molar-refractivity contribution is -0.384. The molecule has 0 bridgehead atoms. The number of benzene rings is 2. The molecule has 0 aliphatic heterocycles. The molecule has 0 spiro atoms. The van der Waals surface area contributed by atoms with Crippen LogP contribution >= 0.6 is 0 Å². The third kappa shape index (κ3) is 5.65. The van der Waals surface area contributed by atoms with Gasteiger partial charge in [0.25, 0.3) is 5.69 Å². The molecule has 0 aliphatic rings. The smallest absolute Gasteiger partial charge is 0.269 e. The first-order chi connectivity index (χ1) is 14.1. The molecule has 3 rings (SSSR count). The van der Waals surface area contributed by atoms with Gasteiger partial charge in [0.2, 0.25) is 0 Å². The Bertz CT molecular complexity index is 951. The minimum absolute atomic E-state index is 0.0744. The second-order valence-corrected chi connectivity index (χ2v) is 6.93. The lowest BCUT2D eigenvalue weighted by Crippen LogP contribution is -2.13. The van der Waals surface area contributed by atoms with Crippen LogP contribution in [0.25, 0.3) is 11.3 Å². The number of nitrogens with zero attached hydrogens (tertiary/aromatic N) is 3. The molecule has 7 heteroatoms. The number of hydrogen-bond donors (Lipinski definition) is 1. The number of non-ortho nitro benzene ring substituents is 1. The number of nitro groups is 1. The Kier molecular flexibility index (Phi) is 6.97. The Balaban J connectivity index is 1.63. The number of rotatable bonds is 10. The highest BCUT2D eigenvalue weighted by molar-refractivity contribution is 5.64. The molecule has 0 saturated heterocycles. The zero-order valence-corrected chi connectivity index (χ0v) is 16.8. The third-order valence-electron chi connectivity index (χ3n) is 4.57. The summed E-state index contributed by atoms with van der Waals surface area (Å²) in [5, 5.41) is 18.8. The Labute approximate surface area is 170 Å². The van der Waals surface area contributed by atoms with E-state index in [9.17, 15) is 10.1 Å². The predicted octanol–water partition coefficient (Wildman–Crippen LogP) is 4.46. The number of nitro benzene ring substituents is 1. The molecular weight excluding hydrogens is 368 g/mol. The predicted molar refractivity (Wildman–Crippen MR) is 113 cm³/mol. The molecule has 1 heterocycles. The number of hydrogen-bond acceptors (Lipinski definition) is 5. The van der Waals surface area contributed by atoms with E-state index < -0.39 is 4.92 Å². The summed E-state index contributed by atoms with van der Waals surface area (Å²) in [6, 6.07) is 14.6. The summed E-state index contributed by atoms with van der Waals surface area (Å²) in [5.41, 5.74) is 3.95. The second kappa shape index (κ2) is 9.84.